The second kappa shape index (κ2) is 22.1. The molecule has 0 bridgehead atoms. The molecule has 7 nitrogen and oxygen atoms in total. The monoisotopic (exact) mass is 426 g/mol. The summed E-state index contributed by atoms with van der Waals surface area (Å²) in [5.74, 6) is -0.125. The van der Waals surface area contributed by atoms with Crippen molar-refractivity contribution in [2.24, 2.45) is 0 Å². The molecule has 0 aromatic rings. The molecule has 4 amide bonds. The zero-order chi connectivity index (χ0) is 22.3. The Labute approximate surface area is 183 Å². The van der Waals surface area contributed by atoms with Crippen molar-refractivity contribution in [2.75, 3.05) is 26.2 Å². The Morgan fingerprint density at radius 2 is 1.10 bits per heavy atom. The summed E-state index contributed by atoms with van der Waals surface area (Å²) in [6.45, 7) is 7.23. The highest BCUT2D eigenvalue weighted by Crippen LogP contribution is 2.03. The van der Waals surface area contributed by atoms with Gasteiger partial charge < -0.3 is 16.0 Å². The lowest BCUT2D eigenvalue weighted by molar-refractivity contribution is -0.120. The lowest BCUT2D eigenvalue weighted by Crippen LogP contribution is -2.39. The molecule has 0 aliphatic rings. The van der Waals surface area contributed by atoms with Crippen LogP contribution in [0.3, 0.4) is 0 Å². The number of imide groups is 1. The number of rotatable bonds is 20. The van der Waals surface area contributed by atoms with Crippen molar-refractivity contribution in [3.63, 3.8) is 0 Å². The fourth-order valence-corrected chi connectivity index (χ4v) is 3.17. The van der Waals surface area contributed by atoms with E-state index in [1.54, 1.807) is 6.92 Å². The van der Waals surface area contributed by atoms with E-state index in [9.17, 15) is 14.4 Å². The molecule has 0 aromatic heterocycles. The molecule has 0 rings (SSSR count). The molecule has 30 heavy (non-hydrogen) atoms. The number of amides is 4. The third kappa shape index (κ3) is 22.7. The van der Waals surface area contributed by atoms with Crippen LogP contribution in [0.15, 0.2) is 0 Å². The Morgan fingerprint density at radius 1 is 0.600 bits per heavy atom. The molecule has 0 saturated heterocycles. The topological polar surface area (TPSA) is 99.3 Å². The van der Waals surface area contributed by atoms with Crippen molar-refractivity contribution in [1.82, 2.24) is 21.3 Å². The first-order valence-corrected chi connectivity index (χ1v) is 12.1. The molecular formula is C23H46N4O3. The van der Waals surface area contributed by atoms with Crippen molar-refractivity contribution < 1.29 is 14.4 Å². The Balaban J connectivity index is 3.24. The molecule has 0 saturated carbocycles. The lowest BCUT2D eigenvalue weighted by Gasteiger charge is -2.07. The van der Waals surface area contributed by atoms with E-state index in [2.05, 4.69) is 28.2 Å². The largest absolute Gasteiger partial charge is 0.356 e. The molecule has 4 N–H and O–H groups in total. The Morgan fingerprint density at radius 3 is 1.67 bits per heavy atom. The van der Waals surface area contributed by atoms with Crippen LogP contribution in [-0.4, -0.2) is 44.0 Å². The molecule has 0 aliphatic heterocycles. The summed E-state index contributed by atoms with van der Waals surface area (Å²) in [4.78, 5) is 34.0. The van der Waals surface area contributed by atoms with Gasteiger partial charge in [-0.3, -0.25) is 14.9 Å². The van der Waals surface area contributed by atoms with Crippen molar-refractivity contribution >= 4 is 17.8 Å². The Hall–Kier alpha value is -1.63. The molecule has 0 heterocycles. The molecule has 0 atom stereocenters. The normalized spacial score (nSPS) is 10.6. The summed E-state index contributed by atoms with van der Waals surface area (Å²) in [7, 11) is 0. The molecule has 0 spiro atoms. The maximum atomic E-state index is 11.6. The van der Waals surface area contributed by atoms with E-state index in [0.717, 1.165) is 64.6 Å². The van der Waals surface area contributed by atoms with Crippen molar-refractivity contribution in [3.05, 3.63) is 0 Å². The summed E-state index contributed by atoms with van der Waals surface area (Å²) in [5.41, 5.74) is 0. The highest BCUT2D eigenvalue weighted by molar-refractivity contribution is 5.94. The molecular weight excluding hydrogens is 380 g/mol. The van der Waals surface area contributed by atoms with E-state index in [4.69, 9.17) is 0 Å². The van der Waals surface area contributed by atoms with Crippen LogP contribution in [0, 0.1) is 0 Å². The predicted molar refractivity (Wildman–Crippen MR) is 123 cm³/mol. The SMILES string of the molecule is CCCCCCC(=O)NC(=O)NCCCCCCCNCCCCCCNC(C)=O. The molecule has 0 aliphatic carbocycles. The van der Waals surface area contributed by atoms with E-state index >= 15 is 0 Å². The van der Waals surface area contributed by atoms with Gasteiger partial charge in [-0.1, -0.05) is 58.3 Å². The van der Waals surface area contributed by atoms with Crippen LogP contribution >= 0.6 is 0 Å². The molecule has 0 aromatic carbocycles. The first kappa shape index (κ1) is 28.4. The van der Waals surface area contributed by atoms with Crippen LogP contribution in [0.2, 0.25) is 0 Å². The summed E-state index contributed by atoms with van der Waals surface area (Å²) in [6, 6.07) is -0.366. The van der Waals surface area contributed by atoms with Crippen LogP contribution < -0.4 is 21.3 Å². The summed E-state index contributed by atoms with van der Waals surface area (Å²) < 4.78 is 0. The van der Waals surface area contributed by atoms with E-state index in [0.29, 0.717) is 13.0 Å². The van der Waals surface area contributed by atoms with Gasteiger partial charge in [0.1, 0.15) is 0 Å². The van der Waals surface area contributed by atoms with E-state index in [1.807, 2.05) is 0 Å². The van der Waals surface area contributed by atoms with Gasteiger partial charge in [-0.25, -0.2) is 4.79 Å². The Kier molecular flexibility index (Phi) is 20.9. The summed E-state index contributed by atoms with van der Waals surface area (Å²) in [6.07, 6.45) is 14.8. The molecule has 0 fully saturated rings. The van der Waals surface area contributed by atoms with Gasteiger partial charge in [0, 0.05) is 26.4 Å². The standard InChI is InChI=1S/C23H46N4O3/c1-3-4-5-11-16-22(29)27-23(30)26-20-15-8-6-7-12-17-24-18-13-9-10-14-19-25-21(2)28/h24H,3-20H2,1-2H3,(H,25,28)(H2,26,27,29,30). The molecule has 176 valence electrons. The van der Waals surface area contributed by atoms with E-state index in [1.165, 1.54) is 38.5 Å². The number of nitrogens with one attached hydrogen (secondary N) is 4. The van der Waals surface area contributed by atoms with Crippen LogP contribution in [0.5, 0.6) is 0 Å². The van der Waals surface area contributed by atoms with Gasteiger partial charge >= 0.3 is 6.03 Å². The van der Waals surface area contributed by atoms with Crippen molar-refractivity contribution in [2.45, 2.75) is 104 Å². The van der Waals surface area contributed by atoms with Crippen LogP contribution in [0.4, 0.5) is 4.79 Å². The number of carbonyl (C=O) groups excluding carboxylic acids is 3. The van der Waals surface area contributed by atoms with Gasteiger partial charge in [-0.05, 0) is 45.2 Å². The van der Waals surface area contributed by atoms with E-state index in [-0.39, 0.29) is 17.8 Å². The minimum absolute atomic E-state index is 0.0541. The predicted octanol–water partition coefficient (Wildman–Crippen LogP) is 4.02. The third-order valence-corrected chi connectivity index (χ3v) is 4.98. The number of urea groups is 1. The highest BCUT2D eigenvalue weighted by atomic mass is 16.2. The van der Waals surface area contributed by atoms with Gasteiger partial charge in [-0.15, -0.1) is 0 Å². The highest BCUT2D eigenvalue weighted by Gasteiger charge is 2.06. The average Bonchev–Trinajstić information content (AvgIpc) is 2.70. The maximum absolute atomic E-state index is 11.6. The van der Waals surface area contributed by atoms with Crippen molar-refractivity contribution in [1.29, 1.82) is 0 Å². The van der Waals surface area contributed by atoms with Crippen molar-refractivity contribution in [3.8, 4) is 0 Å². The minimum atomic E-state index is -0.366. The van der Waals surface area contributed by atoms with Gasteiger partial charge in [0.2, 0.25) is 11.8 Å². The van der Waals surface area contributed by atoms with E-state index < -0.39 is 0 Å². The zero-order valence-corrected chi connectivity index (χ0v) is 19.5. The zero-order valence-electron chi connectivity index (χ0n) is 19.5. The lowest BCUT2D eigenvalue weighted by atomic mass is 10.1. The maximum Gasteiger partial charge on any atom is 0.321 e. The molecule has 7 heteroatoms. The Bertz CT molecular complexity index is 444. The summed E-state index contributed by atoms with van der Waals surface area (Å²) >= 11 is 0. The first-order valence-electron chi connectivity index (χ1n) is 12.1. The van der Waals surface area contributed by atoms with Crippen LogP contribution in [-0.2, 0) is 9.59 Å². The minimum Gasteiger partial charge on any atom is -0.356 e. The fraction of sp³-hybridized carbons (Fsp3) is 0.870. The van der Waals surface area contributed by atoms with Gasteiger partial charge in [-0.2, -0.15) is 0 Å². The smallest absolute Gasteiger partial charge is 0.321 e. The molecule has 0 radical (unpaired) electrons. The second-order valence-corrected chi connectivity index (χ2v) is 8.03. The number of hydrogen-bond donors (Lipinski definition) is 4. The average molecular weight is 427 g/mol. The van der Waals surface area contributed by atoms with Crippen LogP contribution in [0.25, 0.3) is 0 Å². The summed E-state index contributed by atoms with van der Waals surface area (Å²) in [5, 5.41) is 11.5. The third-order valence-electron chi connectivity index (χ3n) is 4.98. The number of unbranched alkanes of at least 4 members (excludes halogenated alkanes) is 10. The molecule has 0 unspecified atom stereocenters. The van der Waals surface area contributed by atoms with Crippen LogP contribution in [0.1, 0.15) is 104 Å². The number of carbonyl (C=O) groups is 3. The van der Waals surface area contributed by atoms with Gasteiger partial charge in [0.15, 0.2) is 0 Å². The second-order valence-electron chi connectivity index (χ2n) is 8.03. The van der Waals surface area contributed by atoms with Gasteiger partial charge in [0.25, 0.3) is 0 Å². The fourth-order valence-electron chi connectivity index (χ4n) is 3.17. The number of hydrogen-bond acceptors (Lipinski definition) is 4. The van der Waals surface area contributed by atoms with Gasteiger partial charge in [0.05, 0.1) is 0 Å². The quantitative estimate of drug-likeness (QED) is 0.221. The first-order chi connectivity index (χ1) is 14.6.